The number of halogens is 1. The topological polar surface area (TPSA) is 90.8 Å². The first kappa shape index (κ1) is 22.0. The third-order valence-electron chi connectivity index (χ3n) is 5.01. The van der Waals surface area contributed by atoms with E-state index in [0.717, 1.165) is 32.7 Å². The first-order chi connectivity index (χ1) is 14.5. The van der Waals surface area contributed by atoms with Crippen molar-refractivity contribution in [1.82, 2.24) is 15.1 Å². The van der Waals surface area contributed by atoms with E-state index in [1.54, 1.807) is 6.07 Å². The van der Waals surface area contributed by atoms with Crippen LogP contribution < -0.4 is 10.6 Å². The van der Waals surface area contributed by atoms with Crippen LogP contribution in [0.3, 0.4) is 0 Å². The first-order valence-electron chi connectivity index (χ1n) is 9.94. The molecule has 0 bridgehead atoms. The summed E-state index contributed by atoms with van der Waals surface area (Å²) in [6.45, 7) is 5.89. The van der Waals surface area contributed by atoms with Gasteiger partial charge in [0.05, 0.1) is 22.2 Å². The molecule has 0 radical (unpaired) electrons. The molecule has 160 valence electrons. The van der Waals surface area contributed by atoms with E-state index in [4.69, 9.17) is 11.6 Å². The lowest BCUT2D eigenvalue weighted by Gasteiger charge is -2.34. The number of nitro groups is 1. The number of hydrogen-bond donors (Lipinski definition) is 2. The predicted octanol–water partition coefficient (Wildman–Crippen LogP) is 2.59. The molecule has 2 aromatic rings. The molecule has 8 nitrogen and oxygen atoms in total. The van der Waals surface area contributed by atoms with Crippen LogP contribution in [0.15, 0.2) is 48.5 Å². The molecule has 0 atom stereocenters. The third kappa shape index (κ3) is 6.69. The van der Waals surface area contributed by atoms with Crippen LogP contribution in [0.4, 0.5) is 11.4 Å². The fourth-order valence-corrected chi connectivity index (χ4v) is 3.61. The Balaban J connectivity index is 1.31. The molecule has 1 saturated heterocycles. The second-order valence-corrected chi connectivity index (χ2v) is 7.64. The van der Waals surface area contributed by atoms with Gasteiger partial charge in [0.25, 0.3) is 5.69 Å². The van der Waals surface area contributed by atoms with Gasteiger partial charge in [0.2, 0.25) is 5.91 Å². The molecule has 2 N–H and O–H groups in total. The molecule has 1 aliphatic heterocycles. The van der Waals surface area contributed by atoms with Crippen molar-refractivity contribution in [3.63, 3.8) is 0 Å². The van der Waals surface area contributed by atoms with Crippen LogP contribution >= 0.6 is 11.6 Å². The molecule has 0 aliphatic carbocycles. The molecule has 9 heteroatoms. The number of non-ortho nitro benzene ring substituents is 1. The van der Waals surface area contributed by atoms with Crippen LogP contribution in [0.2, 0.25) is 5.02 Å². The number of hydrogen-bond acceptors (Lipinski definition) is 6. The Hall–Kier alpha value is -2.68. The Morgan fingerprint density at radius 3 is 2.40 bits per heavy atom. The van der Waals surface area contributed by atoms with Crippen molar-refractivity contribution >= 4 is 28.9 Å². The summed E-state index contributed by atoms with van der Waals surface area (Å²) in [6.07, 6.45) is 0. The van der Waals surface area contributed by atoms with Gasteiger partial charge in [-0.05, 0) is 11.6 Å². The second-order valence-electron chi connectivity index (χ2n) is 7.24. The summed E-state index contributed by atoms with van der Waals surface area (Å²) >= 11 is 6.04. The summed E-state index contributed by atoms with van der Waals surface area (Å²) in [7, 11) is 0. The molecule has 0 saturated carbocycles. The lowest BCUT2D eigenvalue weighted by molar-refractivity contribution is -0.384. The minimum absolute atomic E-state index is 0.0110. The van der Waals surface area contributed by atoms with Crippen LogP contribution in [0.5, 0.6) is 0 Å². The predicted molar refractivity (Wildman–Crippen MR) is 118 cm³/mol. The number of anilines is 1. The quantitative estimate of drug-likeness (QED) is 0.360. The highest BCUT2D eigenvalue weighted by atomic mass is 35.5. The van der Waals surface area contributed by atoms with Gasteiger partial charge >= 0.3 is 0 Å². The Kier molecular flexibility index (Phi) is 8.01. The van der Waals surface area contributed by atoms with Crippen molar-refractivity contribution in [1.29, 1.82) is 0 Å². The normalized spacial score (nSPS) is 15.0. The molecule has 3 rings (SSSR count). The molecule has 2 aromatic carbocycles. The van der Waals surface area contributed by atoms with E-state index in [1.165, 1.54) is 17.7 Å². The number of nitro benzene ring substituents is 1. The lowest BCUT2D eigenvalue weighted by Crippen LogP contribution is -2.49. The summed E-state index contributed by atoms with van der Waals surface area (Å²) in [5, 5.41) is 17.0. The van der Waals surface area contributed by atoms with Crippen molar-refractivity contribution in [2.75, 3.05) is 51.1 Å². The van der Waals surface area contributed by atoms with E-state index in [2.05, 4.69) is 44.7 Å². The summed E-state index contributed by atoms with van der Waals surface area (Å²) < 4.78 is 0. The van der Waals surface area contributed by atoms with Gasteiger partial charge in [0, 0.05) is 57.9 Å². The minimum atomic E-state index is -0.489. The number of amides is 1. The van der Waals surface area contributed by atoms with Gasteiger partial charge in [-0.3, -0.25) is 24.7 Å². The summed E-state index contributed by atoms with van der Waals surface area (Å²) in [5.74, 6) is -0.0110. The number of nitrogens with zero attached hydrogens (tertiary/aromatic N) is 3. The smallest absolute Gasteiger partial charge is 0.271 e. The van der Waals surface area contributed by atoms with Crippen molar-refractivity contribution in [3.05, 3.63) is 69.2 Å². The maximum Gasteiger partial charge on any atom is 0.271 e. The van der Waals surface area contributed by atoms with E-state index in [1.807, 2.05) is 6.07 Å². The van der Waals surface area contributed by atoms with E-state index in [9.17, 15) is 14.9 Å². The third-order valence-corrected chi connectivity index (χ3v) is 5.32. The summed E-state index contributed by atoms with van der Waals surface area (Å²) in [6, 6.07) is 14.7. The van der Waals surface area contributed by atoms with Gasteiger partial charge in [-0.15, -0.1) is 0 Å². The summed E-state index contributed by atoms with van der Waals surface area (Å²) in [4.78, 5) is 27.0. The Labute approximate surface area is 181 Å². The monoisotopic (exact) mass is 431 g/mol. The van der Waals surface area contributed by atoms with Crippen molar-refractivity contribution in [2.45, 2.75) is 6.54 Å². The van der Waals surface area contributed by atoms with E-state index in [0.29, 0.717) is 25.3 Å². The zero-order valence-corrected chi connectivity index (χ0v) is 17.5. The fourth-order valence-electron chi connectivity index (χ4n) is 3.37. The molecule has 1 heterocycles. The van der Waals surface area contributed by atoms with Crippen molar-refractivity contribution in [3.8, 4) is 0 Å². The zero-order chi connectivity index (χ0) is 21.3. The highest BCUT2D eigenvalue weighted by molar-refractivity contribution is 6.33. The number of carbonyl (C=O) groups is 1. The van der Waals surface area contributed by atoms with Gasteiger partial charge in [0.1, 0.15) is 0 Å². The molecule has 1 fully saturated rings. The maximum atomic E-state index is 12.2. The van der Waals surface area contributed by atoms with Crippen LogP contribution in [-0.2, 0) is 11.3 Å². The first-order valence-corrected chi connectivity index (χ1v) is 10.3. The maximum absolute atomic E-state index is 12.2. The number of nitrogens with one attached hydrogen (secondary N) is 2. The van der Waals surface area contributed by atoms with Crippen LogP contribution in [-0.4, -0.2) is 66.4 Å². The molecule has 0 aromatic heterocycles. The molecule has 1 aliphatic rings. The van der Waals surface area contributed by atoms with E-state index in [-0.39, 0.29) is 16.6 Å². The second kappa shape index (κ2) is 10.9. The van der Waals surface area contributed by atoms with Gasteiger partial charge in [-0.25, -0.2) is 0 Å². The number of benzene rings is 2. The van der Waals surface area contributed by atoms with Gasteiger partial charge < -0.3 is 10.6 Å². The van der Waals surface area contributed by atoms with Gasteiger partial charge in [-0.2, -0.15) is 0 Å². The molecular weight excluding hydrogens is 406 g/mol. The van der Waals surface area contributed by atoms with Crippen molar-refractivity contribution in [2.24, 2.45) is 0 Å². The van der Waals surface area contributed by atoms with Gasteiger partial charge in [-0.1, -0.05) is 41.9 Å². The molecule has 30 heavy (non-hydrogen) atoms. The molecule has 0 unspecified atom stereocenters. The van der Waals surface area contributed by atoms with E-state index >= 15 is 0 Å². The zero-order valence-electron chi connectivity index (χ0n) is 16.7. The van der Waals surface area contributed by atoms with Crippen LogP contribution in [0.1, 0.15) is 5.56 Å². The average Bonchev–Trinajstić information content (AvgIpc) is 2.74. The Morgan fingerprint density at radius 1 is 1.03 bits per heavy atom. The van der Waals surface area contributed by atoms with Crippen molar-refractivity contribution < 1.29 is 9.72 Å². The summed E-state index contributed by atoms with van der Waals surface area (Å²) in [5.41, 5.74) is 1.86. The standard InChI is InChI=1S/C21H26ClN5O3/c22-19-14-18(27(29)30)6-7-20(19)23-8-9-24-21(28)16-26-12-10-25(11-13-26)15-17-4-2-1-3-5-17/h1-7,14,23H,8-13,15-16H2,(H,24,28). The SMILES string of the molecule is O=C(CN1CCN(Cc2ccccc2)CC1)NCCNc1ccc([N+](=O)[O-])cc1Cl. The van der Waals surface area contributed by atoms with Crippen LogP contribution in [0.25, 0.3) is 0 Å². The minimum Gasteiger partial charge on any atom is -0.382 e. The van der Waals surface area contributed by atoms with Gasteiger partial charge in [0.15, 0.2) is 0 Å². The number of rotatable bonds is 9. The number of carbonyl (C=O) groups excluding carboxylic acids is 1. The fraction of sp³-hybridized carbons (Fsp3) is 0.381. The Bertz CT molecular complexity index is 857. The molecule has 0 spiro atoms. The highest BCUT2D eigenvalue weighted by Gasteiger charge is 2.18. The Morgan fingerprint density at radius 2 is 1.73 bits per heavy atom. The van der Waals surface area contributed by atoms with Crippen LogP contribution in [0, 0.1) is 10.1 Å². The molecular formula is C21H26ClN5O3. The molecule has 1 amide bonds. The lowest BCUT2D eigenvalue weighted by atomic mass is 10.2. The number of piperazine rings is 1. The highest BCUT2D eigenvalue weighted by Crippen LogP contribution is 2.26. The van der Waals surface area contributed by atoms with E-state index < -0.39 is 4.92 Å². The average molecular weight is 432 g/mol. The largest absolute Gasteiger partial charge is 0.382 e.